The summed E-state index contributed by atoms with van der Waals surface area (Å²) in [7, 11) is 1.59. The van der Waals surface area contributed by atoms with Crippen molar-refractivity contribution in [3.8, 4) is 0 Å². The molecule has 0 aliphatic carbocycles. The lowest BCUT2D eigenvalue weighted by molar-refractivity contribution is -0.157. The predicted molar refractivity (Wildman–Crippen MR) is 155 cm³/mol. The molecule has 0 radical (unpaired) electrons. The maximum atomic E-state index is 14.1. The maximum Gasteiger partial charge on any atom is 0.317 e. The number of fused-ring (bicyclic) bond motifs is 1. The summed E-state index contributed by atoms with van der Waals surface area (Å²) in [5.41, 5.74) is 15.1. The van der Waals surface area contributed by atoms with Gasteiger partial charge in [0.2, 0.25) is 11.8 Å². The van der Waals surface area contributed by atoms with E-state index in [4.69, 9.17) is 11.5 Å². The molecule has 1 fully saturated rings. The first-order valence-electron chi connectivity index (χ1n) is 13.2. The third-order valence-electron chi connectivity index (χ3n) is 7.14. The number of aromatic nitrogens is 1. The van der Waals surface area contributed by atoms with Gasteiger partial charge in [-0.25, -0.2) is 9.78 Å². The smallest absolute Gasteiger partial charge is 0.317 e. The summed E-state index contributed by atoms with van der Waals surface area (Å²) in [4.78, 5) is 50.0. The molecule has 1 aliphatic rings. The number of piperazine rings is 1. The van der Waals surface area contributed by atoms with Gasteiger partial charge >= 0.3 is 6.03 Å². The summed E-state index contributed by atoms with van der Waals surface area (Å²) in [6.07, 6.45) is 0.592. The summed E-state index contributed by atoms with van der Waals surface area (Å²) in [6.45, 7) is 6.57. The van der Waals surface area contributed by atoms with Crippen LogP contribution in [0.2, 0.25) is 0 Å². The number of nitrogens with one attached hydrogen (secondary N) is 1. The molecule has 2 aromatic carbocycles. The zero-order valence-electron chi connectivity index (χ0n) is 22.9. The van der Waals surface area contributed by atoms with Gasteiger partial charge in [0.15, 0.2) is 5.13 Å². The Kier molecular flexibility index (Phi) is 8.59. The van der Waals surface area contributed by atoms with Gasteiger partial charge in [0.25, 0.3) is 0 Å². The van der Waals surface area contributed by atoms with Crippen LogP contribution in [0, 0.1) is 0 Å². The highest BCUT2D eigenvalue weighted by molar-refractivity contribution is 7.22. The average molecular weight is 552 g/mol. The van der Waals surface area contributed by atoms with E-state index in [-0.39, 0.29) is 30.3 Å². The highest BCUT2D eigenvalue weighted by atomic mass is 32.1. The van der Waals surface area contributed by atoms with Gasteiger partial charge in [0.1, 0.15) is 6.04 Å². The van der Waals surface area contributed by atoms with E-state index in [1.807, 2.05) is 44.2 Å². The van der Waals surface area contributed by atoms with E-state index in [0.29, 0.717) is 36.9 Å². The number of carbonyl (C=O) groups is 3. The van der Waals surface area contributed by atoms with Gasteiger partial charge in [-0.05, 0) is 43.2 Å². The Balaban J connectivity index is 1.74. The zero-order valence-corrected chi connectivity index (χ0v) is 23.7. The fraction of sp³-hybridized carbons (Fsp3) is 0.429. The summed E-state index contributed by atoms with van der Waals surface area (Å²) < 4.78 is 0.956. The predicted octanol–water partition coefficient (Wildman–Crippen LogP) is 3.07. The van der Waals surface area contributed by atoms with Crippen LogP contribution >= 0.6 is 11.3 Å². The van der Waals surface area contributed by atoms with Crippen molar-refractivity contribution >= 4 is 50.2 Å². The summed E-state index contributed by atoms with van der Waals surface area (Å²) in [5, 5.41) is 3.18. The Morgan fingerprint density at radius 2 is 1.90 bits per heavy atom. The molecule has 2 atom stereocenters. The Bertz CT molecular complexity index is 1340. The third kappa shape index (κ3) is 6.08. The number of hydrogen-bond acceptors (Lipinski definition) is 7. The van der Waals surface area contributed by atoms with E-state index in [2.05, 4.69) is 10.3 Å². The SMILES string of the molecule is CCC(=O)N1[C@@H](CN(C(=O)NC)C(C)C)CN(Cc2cccc3sc(N)nc23)C(=O)[C@@H]1Cc1ccc(N)cc1. The number of nitrogen functional groups attached to an aromatic ring is 2. The van der Waals surface area contributed by atoms with Crippen LogP contribution in [0.15, 0.2) is 42.5 Å². The first-order chi connectivity index (χ1) is 18.6. The van der Waals surface area contributed by atoms with Gasteiger partial charge in [-0.15, -0.1) is 0 Å². The highest BCUT2D eigenvalue weighted by Crippen LogP contribution is 2.30. The molecule has 4 amide bonds. The summed E-state index contributed by atoms with van der Waals surface area (Å²) in [5.74, 6) is -0.260. The van der Waals surface area contributed by atoms with Crippen molar-refractivity contribution in [2.75, 3.05) is 31.6 Å². The maximum absolute atomic E-state index is 14.1. The zero-order chi connectivity index (χ0) is 28.3. The van der Waals surface area contributed by atoms with Crippen LogP contribution in [-0.4, -0.2) is 75.8 Å². The van der Waals surface area contributed by atoms with Crippen LogP contribution in [0.5, 0.6) is 0 Å². The first-order valence-corrected chi connectivity index (χ1v) is 14.0. The minimum Gasteiger partial charge on any atom is -0.399 e. The molecular weight excluding hydrogens is 514 g/mol. The molecule has 4 rings (SSSR count). The molecule has 39 heavy (non-hydrogen) atoms. The summed E-state index contributed by atoms with van der Waals surface area (Å²) >= 11 is 1.41. The van der Waals surface area contributed by atoms with Gasteiger partial charge in [0.05, 0.1) is 16.3 Å². The Morgan fingerprint density at radius 3 is 2.54 bits per heavy atom. The molecule has 1 saturated heterocycles. The highest BCUT2D eigenvalue weighted by Gasteiger charge is 2.44. The fourth-order valence-corrected chi connectivity index (χ4v) is 5.96. The number of nitrogens with two attached hydrogens (primary N) is 2. The number of nitrogens with zero attached hydrogens (tertiary/aromatic N) is 4. The molecular formula is C28H37N7O3S. The minimum atomic E-state index is -0.724. The molecule has 2 heterocycles. The lowest BCUT2D eigenvalue weighted by atomic mass is 9.96. The van der Waals surface area contributed by atoms with Gasteiger partial charge in [-0.3, -0.25) is 9.59 Å². The fourth-order valence-electron chi connectivity index (χ4n) is 5.18. The van der Waals surface area contributed by atoms with Crippen molar-refractivity contribution in [1.29, 1.82) is 0 Å². The second-order valence-corrected chi connectivity index (χ2v) is 11.2. The number of benzene rings is 2. The lowest BCUT2D eigenvalue weighted by Crippen LogP contribution is -2.66. The van der Waals surface area contributed by atoms with Gasteiger partial charge in [-0.1, -0.05) is 42.5 Å². The second kappa shape index (κ2) is 11.9. The number of thiazole rings is 1. The van der Waals surface area contributed by atoms with Crippen molar-refractivity contribution in [3.63, 3.8) is 0 Å². The van der Waals surface area contributed by atoms with Crippen LogP contribution < -0.4 is 16.8 Å². The van der Waals surface area contributed by atoms with Crippen molar-refractivity contribution in [2.24, 2.45) is 0 Å². The molecule has 0 unspecified atom stereocenters. The van der Waals surface area contributed by atoms with E-state index in [1.165, 1.54) is 11.3 Å². The van der Waals surface area contributed by atoms with Crippen LogP contribution in [0.1, 0.15) is 38.3 Å². The molecule has 11 heteroatoms. The van der Waals surface area contributed by atoms with Crippen LogP contribution in [-0.2, 0) is 22.6 Å². The van der Waals surface area contributed by atoms with E-state index in [9.17, 15) is 14.4 Å². The van der Waals surface area contributed by atoms with Gasteiger partial charge in [-0.2, -0.15) is 0 Å². The molecule has 0 saturated carbocycles. The minimum absolute atomic E-state index is 0.100. The molecule has 1 aliphatic heterocycles. The average Bonchev–Trinajstić information content (AvgIpc) is 3.31. The first kappa shape index (κ1) is 28.2. The second-order valence-electron chi connectivity index (χ2n) is 10.1. The normalized spacial score (nSPS) is 17.6. The van der Waals surface area contributed by atoms with Gasteiger partial charge < -0.3 is 31.5 Å². The van der Waals surface area contributed by atoms with E-state index in [1.54, 1.807) is 40.8 Å². The van der Waals surface area contributed by atoms with Gasteiger partial charge in [0, 0.05) is 51.3 Å². The Morgan fingerprint density at radius 1 is 1.18 bits per heavy atom. The van der Waals surface area contributed by atoms with Crippen molar-refractivity contribution in [1.82, 2.24) is 25.0 Å². The number of carbonyl (C=O) groups excluding carboxylic acids is 3. The lowest BCUT2D eigenvalue weighted by Gasteiger charge is -2.48. The largest absolute Gasteiger partial charge is 0.399 e. The molecule has 0 spiro atoms. The van der Waals surface area contributed by atoms with Crippen LogP contribution in [0.4, 0.5) is 15.6 Å². The number of para-hydroxylation sites is 1. The number of rotatable bonds is 8. The van der Waals surface area contributed by atoms with Crippen molar-refractivity contribution in [3.05, 3.63) is 53.6 Å². The quantitative estimate of drug-likeness (QED) is 0.368. The summed E-state index contributed by atoms with van der Waals surface area (Å²) in [6, 6.07) is 11.8. The molecule has 5 N–H and O–H groups in total. The standard InChI is InChI=1S/C28H37N7O3S/c1-5-24(36)35-21(16-34(17(2)3)28(38)31-4)15-33(14-19-7-6-8-23-25(19)32-27(30)39-23)26(37)22(35)13-18-9-11-20(29)12-10-18/h6-12,17,21-22H,5,13-16,29H2,1-4H3,(H2,30,32)(H,31,38)/t21-,22+/m1/s1. The number of urea groups is 1. The van der Waals surface area contributed by atoms with Crippen LogP contribution in [0.25, 0.3) is 10.2 Å². The molecule has 0 bridgehead atoms. The Hall–Kier alpha value is -3.86. The monoisotopic (exact) mass is 551 g/mol. The molecule has 3 aromatic rings. The van der Waals surface area contributed by atoms with E-state index >= 15 is 0 Å². The molecule has 1 aromatic heterocycles. The molecule has 208 valence electrons. The number of anilines is 2. The molecule has 10 nitrogen and oxygen atoms in total. The van der Waals surface area contributed by atoms with Crippen LogP contribution in [0.3, 0.4) is 0 Å². The number of amides is 4. The topological polar surface area (TPSA) is 138 Å². The Labute approximate surface area is 232 Å². The van der Waals surface area contributed by atoms with Crippen molar-refractivity contribution in [2.45, 2.75) is 58.3 Å². The third-order valence-corrected chi connectivity index (χ3v) is 7.99. The van der Waals surface area contributed by atoms with Crippen molar-refractivity contribution < 1.29 is 14.4 Å². The number of hydrogen-bond donors (Lipinski definition) is 3. The van der Waals surface area contributed by atoms with E-state index in [0.717, 1.165) is 21.3 Å². The van der Waals surface area contributed by atoms with E-state index < -0.39 is 12.1 Å².